The molecule has 1 aliphatic carbocycles. The van der Waals surface area contributed by atoms with Gasteiger partial charge in [-0.2, -0.15) is 4.90 Å². The van der Waals surface area contributed by atoms with Crippen molar-refractivity contribution in [1.82, 2.24) is 4.90 Å². The van der Waals surface area contributed by atoms with Crippen LogP contribution in [0.4, 0.5) is 9.59 Å². The van der Waals surface area contributed by atoms with Gasteiger partial charge in [-0.3, -0.25) is 0 Å². The van der Waals surface area contributed by atoms with Crippen LogP contribution in [-0.2, 0) is 14.3 Å². The van der Waals surface area contributed by atoms with E-state index in [0.29, 0.717) is 4.90 Å². The first-order valence-electron chi connectivity index (χ1n) is 7.98. The van der Waals surface area contributed by atoms with Gasteiger partial charge < -0.3 is 9.47 Å². The summed E-state index contributed by atoms with van der Waals surface area (Å²) in [5.74, 6) is -0.862. The summed E-state index contributed by atoms with van der Waals surface area (Å²) < 4.78 is 9.79. The second kappa shape index (κ2) is 5.73. The minimum absolute atomic E-state index is 0.0809. The molecule has 2 aromatic rings. The Hall–Kier alpha value is -3.15. The lowest BCUT2D eigenvalue weighted by molar-refractivity contribution is -0.135. The number of rotatable bonds is 2. The van der Waals surface area contributed by atoms with Crippen LogP contribution in [0.2, 0.25) is 0 Å². The molecule has 0 aromatic heterocycles. The first-order valence-corrected chi connectivity index (χ1v) is 7.98. The number of amides is 2. The number of esters is 1. The molecule has 126 valence electrons. The van der Waals surface area contributed by atoms with Crippen LogP contribution in [0, 0.1) is 0 Å². The molecular weight excluding hydrogens is 322 g/mol. The molecule has 25 heavy (non-hydrogen) atoms. The smallest absolute Gasteiger partial charge is 0.427 e. The molecule has 0 spiro atoms. The number of carbonyl (C=O) groups is 3. The van der Waals surface area contributed by atoms with Crippen LogP contribution in [0.5, 0.6) is 0 Å². The molecule has 1 unspecified atom stereocenters. The normalized spacial score (nSPS) is 18.8. The van der Waals surface area contributed by atoms with E-state index in [1.807, 2.05) is 48.5 Å². The first kappa shape index (κ1) is 15.4. The molecule has 1 heterocycles. The second-order valence-corrected chi connectivity index (χ2v) is 6.04. The van der Waals surface area contributed by atoms with E-state index < -0.39 is 24.2 Å². The molecule has 0 N–H and O–H groups in total. The topological polar surface area (TPSA) is 72.9 Å². The molecule has 0 radical (unpaired) electrons. The van der Waals surface area contributed by atoms with Gasteiger partial charge in [0.25, 0.3) is 0 Å². The van der Waals surface area contributed by atoms with E-state index in [-0.39, 0.29) is 12.5 Å². The number of cyclic esters (lactones) is 2. The average molecular weight is 337 g/mol. The van der Waals surface area contributed by atoms with Crippen molar-refractivity contribution in [3.8, 4) is 11.1 Å². The van der Waals surface area contributed by atoms with Gasteiger partial charge >= 0.3 is 18.2 Å². The zero-order chi connectivity index (χ0) is 17.6. The third-order valence-corrected chi connectivity index (χ3v) is 4.65. The van der Waals surface area contributed by atoms with E-state index >= 15 is 0 Å². The molecule has 4 rings (SSSR count). The fourth-order valence-electron chi connectivity index (χ4n) is 3.38. The van der Waals surface area contributed by atoms with Gasteiger partial charge in [0.15, 0.2) is 0 Å². The van der Waals surface area contributed by atoms with Gasteiger partial charge in [0.1, 0.15) is 12.6 Å². The minimum Gasteiger partial charge on any atom is -0.448 e. The van der Waals surface area contributed by atoms with Gasteiger partial charge in [0.05, 0.1) is 0 Å². The zero-order valence-electron chi connectivity index (χ0n) is 13.5. The number of ether oxygens (including phenoxy) is 2. The van der Waals surface area contributed by atoms with Crippen molar-refractivity contribution in [2.24, 2.45) is 0 Å². The summed E-state index contributed by atoms with van der Waals surface area (Å²) in [6, 6.07) is 14.9. The van der Waals surface area contributed by atoms with E-state index in [9.17, 15) is 14.4 Å². The highest BCUT2D eigenvalue weighted by Crippen LogP contribution is 2.44. The van der Waals surface area contributed by atoms with Gasteiger partial charge in [-0.15, -0.1) is 0 Å². The summed E-state index contributed by atoms with van der Waals surface area (Å²) in [5, 5.41) is 0. The number of fused-ring (bicyclic) bond motifs is 3. The van der Waals surface area contributed by atoms with E-state index in [1.54, 1.807) is 0 Å². The quantitative estimate of drug-likeness (QED) is 0.621. The van der Waals surface area contributed by atoms with Gasteiger partial charge in [-0.25, -0.2) is 14.4 Å². The van der Waals surface area contributed by atoms with E-state index in [1.165, 1.54) is 6.92 Å². The molecule has 1 fully saturated rings. The molecule has 2 aliphatic rings. The summed E-state index contributed by atoms with van der Waals surface area (Å²) in [6.45, 7) is 1.51. The lowest BCUT2D eigenvalue weighted by Gasteiger charge is -2.18. The molecule has 1 aliphatic heterocycles. The molecule has 2 aromatic carbocycles. The van der Waals surface area contributed by atoms with Crippen LogP contribution in [0.15, 0.2) is 48.5 Å². The minimum atomic E-state index is -0.991. The summed E-state index contributed by atoms with van der Waals surface area (Å²) in [5.41, 5.74) is 4.38. The van der Waals surface area contributed by atoms with E-state index in [0.717, 1.165) is 22.3 Å². The number of hydrogen-bond donors (Lipinski definition) is 0. The van der Waals surface area contributed by atoms with Crippen molar-refractivity contribution >= 4 is 18.2 Å². The summed E-state index contributed by atoms with van der Waals surface area (Å²) >= 11 is 0. The predicted octanol–water partition coefficient (Wildman–Crippen LogP) is 3.30. The number of imide groups is 1. The molecule has 6 heteroatoms. The predicted molar refractivity (Wildman–Crippen MR) is 87.9 cm³/mol. The highest BCUT2D eigenvalue weighted by molar-refractivity contribution is 6.03. The lowest BCUT2D eigenvalue weighted by atomic mass is 9.98. The summed E-state index contributed by atoms with van der Waals surface area (Å²) in [6.07, 6.45) is -1.86. The highest BCUT2D eigenvalue weighted by atomic mass is 16.6. The highest BCUT2D eigenvalue weighted by Gasteiger charge is 2.43. The Labute approximate surface area is 144 Å². The largest absolute Gasteiger partial charge is 0.448 e. The molecule has 2 amide bonds. The van der Waals surface area contributed by atoms with Gasteiger partial charge in [0, 0.05) is 5.92 Å². The van der Waals surface area contributed by atoms with E-state index in [4.69, 9.17) is 4.74 Å². The Morgan fingerprint density at radius 2 is 1.60 bits per heavy atom. The summed E-state index contributed by atoms with van der Waals surface area (Å²) in [7, 11) is 0. The zero-order valence-corrected chi connectivity index (χ0v) is 13.5. The van der Waals surface area contributed by atoms with Crippen LogP contribution >= 0.6 is 0 Å². The number of nitrogens with zero attached hydrogens (tertiary/aromatic N) is 1. The maximum absolute atomic E-state index is 12.2. The van der Waals surface area contributed by atoms with Crippen LogP contribution in [0.3, 0.4) is 0 Å². The molecular formula is C19H15NO5. The maximum Gasteiger partial charge on any atom is 0.427 e. The number of carbonyl (C=O) groups excluding carboxylic acids is 3. The fourth-order valence-corrected chi connectivity index (χ4v) is 3.38. The fraction of sp³-hybridized carbons (Fsp3) is 0.211. The van der Waals surface area contributed by atoms with Gasteiger partial charge in [-0.1, -0.05) is 48.5 Å². The Bertz CT molecular complexity index is 845. The lowest BCUT2D eigenvalue weighted by Crippen LogP contribution is -2.39. The number of hydrogen-bond acceptors (Lipinski definition) is 5. The van der Waals surface area contributed by atoms with Crippen molar-refractivity contribution in [1.29, 1.82) is 0 Å². The Balaban J connectivity index is 1.57. The van der Waals surface area contributed by atoms with Gasteiger partial charge in [-0.05, 0) is 29.2 Å². The van der Waals surface area contributed by atoms with Crippen LogP contribution in [0.25, 0.3) is 11.1 Å². The van der Waals surface area contributed by atoms with Crippen LogP contribution in [-0.4, -0.2) is 35.7 Å². The Morgan fingerprint density at radius 3 is 2.12 bits per heavy atom. The average Bonchev–Trinajstić information content (AvgIpc) is 3.07. The van der Waals surface area contributed by atoms with Crippen molar-refractivity contribution in [3.05, 3.63) is 59.7 Å². The van der Waals surface area contributed by atoms with Crippen LogP contribution < -0.4 is 0 Å². The maximum atomic E-state index is 12.2. The first-order chi connectivity index (χ1) is 12.1. The van der Waals surface area contributed by atoms with E-state index in [2.05, 4.69) is 4.74 Å². The monoisotopic (exact) mass is 337 g/mol. The Kier molecular flexibility index (Phi) is 3.53. The SMILES string of the molecule is CC1C(=O)OC(=O)N1C(=O)OCC1c2ccccc2-c2ccccc21. The standard InChI is InChI=1S/C19H15NO5/c1-11-17(21)25-19(23)20(11)18(22)24-10-16-14-8-4-2-6-12(14)13-7-3-5-9-15(13)16/h2-9,11,16H,10H2,1H3. The van der Waals surface area contributed by atoms with Gasteiger partial charge in [0.2, 0.25) is 0 Å². The molecule has 1 atom stereocenters. The van der Waals surface area contributed by atoms with Crippen molar-refractivity contribution in [2.45, 2.75) is 18.9 Å². The third-order valence-electron chi connectivity index (χ3n) is 4.65. The van der Waals surface area contributed by atoms with Crippen molar-refractivity contribution in [2.75, 3.05) is 6.61 Å². The molecule has 0 bridgehead atoms. The molecule has 1 saturated heterocycles. The van der Waals surface area contributed by atoms with Crippen molar-refractivity contribution < 1.29 is 23.9 Å². The number of benzene rings is 2. The van der Waals surface area contributed by atoms with Crippen LogP contribution in [0.1, 0.15) is 24.0 Å². The molecule has 0 saturated carbocycles. The summed E-state index contributed by atoms with van der Waals surface area (Å²) in [4.78, 5) is 36.0. The van der Waals surface area contributed by atoms with Crippen molar-refractivity contribution in [3.63, 3.8) is 0 Å². The second-order valence-electron chi connectivity index (χ2n) is 6.04. The Morgan fingerprint density at radius 1 is 1.04 bits per heavy atom. The third kappa shape index (κ3) is 2.38. The molecule has 6 nitrogen and oxygen atoms in total.